The highest BCUT2D eigenvalue weighted by Gasteiger charge is 2.62. The van der Waals surface area contributed by atoms with Gasteiger partial charge in [0, 0.05) is 25.5 Å². The predicted octanol–water partition coefficient (Wildman–Crippen LogP) is 3.91. The zero-order valence-electron chi connectivity index (χ0n) is 19.3. The van der Waals surface area contributed by atoms with Crippen LogP contribution in [-0.2, 0) is 9.53 Å². The number of rotatable bonds is 6. The minimum atomic E-state index is -0.932. The van der Waals surface area contributed by atoms with Gasteiger partial charge in [0.05, 0.1) is 11.7 Å². The Hall–Kier alpha value is -1.17. The fourth-order valence-corrected chi connectivity index (χ4v) is 7.05. The molecule has 0 amide bonds. The lowest BCUT2D eigenvalue weighted by atomic mass is 9.44. The quantitative estimate of drug-likeness (QED) is 0.448. The number of aliphatic hydroxyl groups excluding tert-OH is 2. The van der Waals surface area contributed by atoms with Gasteiger partial charge in [0.15, 0.2) is 0 Å². The van der Waals surface area contributed by atoms with Crippen LogP contribution in [0.3, 0.4) is 0 Å². The number of fused-ring (bicyclic) bond motifs is 1. The number of hydrogen-bond acceptors (Lipinski definition) is 5. The van der Waals surface area contributed by atoms with E-state index in [1.807, 2.05) is 13.8 Å². The van der Waals surface area contributed by atoms with E-state index < -0.39 is 11.7 Å². The normalized spacial score (nSPS) is 44.5. The molecule has 1 heterocycles. The molecule has 0 unspecified atom stereocenters. The molecule has 1 aliphatic heterocycles. The van der Waals surface area contributed by atoms with Gasteiger partial charge < -0.3 is 20.1 Å². The predicted molar refractivity (Wildman–Crippen MR) is 117 cm³/mol. The SMILES string of the molecule is CC1=CC(=O)O[C@@H]1C/C=C(\C)CC[C@@H]1[C@@]2(C)CCC[C@@](C)(CO)[C@@H]2[C@@H](O)C[C@@]1(C)O. The topological polar surface area (TPSA) is 87.0 Å². The van der Waals surface area contributed by atoms with Crippen LogP contribution in [0.4, 0.5) is 0 Å². The first kappa shape index (κ1) is 23.5. The average molecular weight is 421 g/mol. The second kappa shape index (κ2) is 8.40. The fourth-order valence-electron chi connectivity index (χ4n) is 7.05. The van der Waals surface area contributed by atoms with Gasteiger partial charge in [-0.15, -0.1) is 0 Å². The molecule has 3 rings (SSSR count). The number of aliphatic hydroxyl groups is 3. The standard InChI is InChI=1S/C25H40O5/c1-16(7-9-19-17(2)13-21(28)30-19)8-10-20-24(4)12-6-11-23(3,15-26)22(24)18(27)14-25(20,5)29/h7,13,18-20,22,26-27,29H,6,8-12,14-15H2,1-5H3/b16-7+/t18-,19+,20+,22-,23-,24+,25+/m0/s1. The second-order valence-corrected chi connectivity index (χ2v) is 11.0. The van der Waals surface area contributed by atoms with E-state index in [0.717, 1.165) is 37.7 Å². The highest BCUT2D eigenvalue weighted by Crippen LogP contribution is 2.63. The van der Waals surface area contributed by atoms with E-state index in [1.165, 1.54) is 5.57 Å². The molecule has 5 heteroatoms. The monoisotopic (exact) mass is 420 g/mol. The number of carbonyl (C=O) groups is 1. The molecule has 2 saturated carbocycles. The summed E-state index contributed by atoms with van der Waals surface area (Å²) in [6, 6.07) is 0. The summed E-state index contributed by atoms with van der Waals surface area (Å²) in [7, 11) is 0. The van der Waals surface area contributed by atoms with Crippen LogP contribution in [0.15, 0.2) is 23.3 Å². The van der Waals surface area contributed by atoms with Crippen LogP contribution < -0.4 is 0 Å². The van der Waals surface area contributed by atoms with E-state index in [-0.39, 0.29) is 41.3 Å². The first-order valence-corrected chi connectivity index (χ1v) is 11.5. The van der Waals surface area contributed by atoms with Gasteiger partial charge in [-0.05, 0) is 74.7 Å². The smallest absolute Gasteiger partial charge is 0.331 e. The van der Waals surface area contributed by atoms with Gasteiger partial charge >= 0.3 is 5.97 Å². The molecular formula is C25H40O5. The molecule has 0 aromatic rings. The fraction of sp³-hybridized carbons (Fsp3) is 0.800. The molecule has 2 aliphatic carbocycles. The number of allylic oxidation sites excluding steroid dienone is 1. The van der Waals surface area contributed by atoms with Gasteiger partial charge in [-0.1, -0.05) is 31.9 Å². The lowest BCUT2D eigenvalue weighted by Gasteiger charge is -2.63. The van der Waals surface area contributed by atoms with Crippen LogP contribution in [-0.4, -0.2) is 45.7 Å². The number of cyclic esters (lactones) is 1. The molecule has 0 aromatic heterocycles. The molecule has 0 spiro atoms. The van der Waals surface area contributed by atoms with E-state index in [1.54, 1.807) is 6.08 Å². The van der Waals surface area contributed by atoms with Crippen molar-refractivity contribution in [2.75, 3.05) is 6.61 Å². The maximum absolute atomic E-state index is 11.4. The Kier molecular flexibility index (Phi) is 6.58. The Morgan fingerprint density at radius 1 is 1.30 bits per heavy atom. The Balaban J connectivity index is 1.74. The molecule has 7 atom stereocenters. The second-order valence-electron chi connectivity index (χ2n) is 11.0. The van der Waals surface area contributed by atoms with Gasteiger partial charge in [-0.25, -0.2) is 4.79 Å². The van der Waals surface area contributed by atoms with Gasteiger partial charge in [0.2, 0.25) is 0 Å². The van der Waals surface area contributed by atoms with E-state index >= 15 is 0 Å². The van der Waals surface area contributed by atoms with Crippen LogP contribution in [0.2, 0.25) is 0 Å². The Morgan fingerprint density at radius 3 is 2.60 bits per heavy atom. The average Bonchev–Trinajstić information content (AvgIpc) is 2.95. The number of carbonyl (C=O) groups excluding carboxylic acids is 1. The van der Waals surface area contributed by atoms with Crippen molar-refractivity contribution in [2.45, 2.75) is 97.4 Å². The van der Waals surface area contributed by atoms with Crippen molar-refractivity contribution in [3.8, 4) is 0 Å². The molecule has 0 saturated heterocycles. The molecular weight excluding hydrogens is 380 g/mol. The van der Waals surface area contributed by atoms with E-state index in [9.17, 15) is 20.1 Å². The highest BCUT2D eigenvalue weighted by molar-refractivity contribution is 5.85. The first-order chi connectivity index (χ1) is 13.9. The Labute approximate surface area is 181 Å². The van der Waals surface area contributed by atoms with Crippen LogP contribution in [0.1, 0.15) is 79.6 Å². The largest absolute Gasteiger partial charge is 0.454 e. The first-order valence-electron chi connectivity index (χ1n) is 11.5. The third-order valence-corrected chi connectivity index (χ3v) is 8.46. The van der Waals surface area contributed by atoms with Crippen molar-refractivity contribution in [1.82, 2.24) is 0 Å². The molecule has 3 aliphatic rings. The highest BCUT2D eigenvalue weighted by atomic mass is 16.5. The third-order valence-electron chi connectivity index (χ3n) is 8.46. The summed E-state index contributed by atoms with van der Waals surface area (Å²) in [6.07, 6.45) is 8.59. The molecule has 3 N–H and O–H groups in total. The summed E-state index contributed by atoms with van der Waals surface area (Å²) < 4.78 is 5.32. The van der Waals surface area contributed by atoms with Gasteiger partial charge in [0.1, 0.15) is 6.10 Å². The zero-order chi connectivity index (χ0) is 22.3. The molecule has 0 aromatic carbocycles. The van der Waals surface area contributed by atoms with E-state index in [0.29, 0.717) is 12.8 Å². The number of ether oxygens (including phenoxy) is 1. The zero-order valence-corrected chi connectivity index (χ0v) is 19.3. The van der Waals surface area contributed by atoms with Crippen molar-refractivity contribution in [3.63, 3.8) is 0 Å². The van der Waals surface area contributed by atoms with Crippen molar-refractivity contribution in [1.29, 1.82) is 0 Å². The summed E-state index contributed by atoms with van der Waals surface area (Å²) in [5.74, 6) is -0.216. The van der Waals surface area contributed by atoms with E-state index in [2.05, 4.69) is 26.8 Å². The van der Waals surface area contributed by atoms with Crippen LogP contribution >= 0.6 is 0 Å². The summed E-state index contributed by atoms with van der Waals surface area (Å²) in [5, 5.41) is 32.5. The van der Waals surface area contributed by atoms with Gasteiger partial charge in [0.25, 0.3) is 0 Å². The maximum atomic E-state index is 11.4. The molecule has 5 nitrogen and oxygen atoms in total. The summed E-state index contributed by atoms with van der Waals surface area (Å²) in [5.41, 5.74) is 0.751. The summed E-state index contributed by atoms with van der Waals surface area (Å²) >= 11 is 0. The molecule has 0 radical (unpaired) electrons. The minimum absolute atomic E-state index is 0.0102. The summed E-state index contributed by atoms with van der Waals surface area (Å²) in [6.45, 7) is 10.3. The van der Waals surface area contributed by atoms with Gasteiger partial charge in [-0.3, -0.25) is 0 Å². The van der Waals surface area contributed by atoms with Crippen molar-refractivity contribution < 1.29 is 24.9 Å². The van der Waals surface area contributed by atoms with Crippen LogP contribution in [0, 0.1) is 22.7 Å². The Morgan fingerprint density at radius 2 is 2.00 bits per heavy atom. The Bertz CT molecular complexity index is 723. The lowest BCUT2D eigenvalue weighted by Crippen LogP contribution is -2.63. The van der Waals surface area contributed by atoms with Gasteiger partial charge in [-0.2, -0.15) is 0 Å². The number of hydrogen-bond donors (Lipinski definition) is 3. The van der Waals surface area contributed by atoms with Crippen molar-refractivity contribution in [3.05, 3.63) is 23.3 Å². The summed E-state index contributed by atoms with van der Waals surface area (Å²) in [4.78, 5) is 11.4. The maximum Gasteiger partial charge on any atom is 0.331 e. The lowest BCUT2D eigenvalue weighted by molar-refractivity contribution is -0.223. The molecule has 0 bridgehead atoms. The van der Waals surface area contributed by atoms with Crippen molar-refractivity contribution in [2.24, 2.45) is 22.7 Å². The molecule has 170 valence electrons. The molecule has 2 fully saturated rings. The van der Waals surface area contributed by atoms with E-state index in [4.69, 9.17) is 4.74 Å². The molecule has 30 heavy (non-hydrogen) atoms. The van der Waals surface area contributed by atoms with Crippen LogP contribution in [0.5, 0.6) is 0 Å². The third kappa shape index (κ3) is 4.26. The van der Waals surface area contributed by atoms with Crippen LogP contribution in [0.25, 0.3) is 0 Å². The number of esters is 1. The minimum Gasteiger partial charge on any atom is -0.454 e. The van der Waals surface area contributed by atoms with Crippen molar-refractivity contribution >= 4 is 5.97 Å².